The van der Waals surface area contributed by atoms with Gasteiger partial charge in [-0.3, -0.25) is 0 Å². The number of hydrogen-bond acceptors (Lipinski definition) is 3. The topological polar surface area (TPSA) is 68.0 Å². The molecule has 1 heterocycles. The summed E-state index contributed by atoms with van der Waals surface area (Å²) in [6.07, 6.45) is 0. The molecule has 0 aliphatic carbocycles. The Morgan fingerprint density at radius 1 is 1.15 bits per heavy atom. The van der Waals surface area contributed by atoms with E-state index in [0.717, 1.165) is 16.8 Å². The van der Waals surface area contributed by atoms with E-state index >= 15 is 0 Å². The Balaban J connectivity index is 2.72. The average Bonchev–Trinajstić information content (AvgIpc) is 2.71. The van der Waals surface area contributed by atoms with Gasteiger partial charge in [0.1, 0.15) is 0 Å². The van der Waals surface area contributed by atoms with Crippen LogP contribution in [0.4, 0.5) is 0 Å². The van der Waals surface area contributed by atoms with Crippen LogP contribution in [0.3, 0.4) is 0 Å². The van der Waals surface area contributed by atoms with Crippen LogP contribution in [0.25, 0.3) is 5.69 Å². The summed E-state index contributed by atoms with van der Waals surface area (Å²) in [7, 11) is 0. The van der Waals surface area contributed by atoms with Gasteiger partial charge in [0.25, 0.3) is 0 Å². The zero-order valence-corrected chi connectivity index (χ0v) is 12.4. The average molecular weight is 273 g/mol. The fourth-order valence-electron chi connectivity index (χ4n) is 2.35. The molecule has 1 aromatic carbocycles. The molecule has 0 fully saturated rings. The molecule has 0 bridgehead atoms. The van der Waals surface area contributed by atoms with E-state index in [9.17, 15) is 9.90 Å². The Hall–Kier alpha value is -2.17. The van der Waals surface area contributed by atoms with Crippen LogP contribution in [0.2, 0.25) is 0 Å². The van der Waals surface area contributed by atoms with E-state index < -0.39 is 5.97 Å². The van der Waals surface area contributed by atoms with Crippen LogP contribution in [-0.2, 0) is 5.41 Å². The number of rotatable bonds is 2. The van der Waals surface area contributed by atoms with E-state index in [1.54, 1.807) is 4.68 Å². The summed E-state index contributed by atoms with van der Waals surface area (Å²) in [4.78, 5) is 11.3. The smallest absolute Gasteiger partial charge is 0.358 e. The first-order valence-corrected chi connectivity index (χ1v) is 6.48. The maximum absolute atomic E-state index is 11.3. The highest BCUT2D eigenvalue weighted by Crippen LogP contribution is 2.27. The minimum atomic E-state index is -1.05. The zero-order valence-electron chi connectivity index (χ0n) is 12.4. The summed E-state index contributed by atoms with van der Waals surface area (Å²) in [5.74, 6) is -1.05. The van der Waals surface area contributed by atoms with Gasteiger partial charge in [-0.1, -0.05) is 32.1 Å². The molecule has 0 saturated carbocycles. The summed E-state index contributed by atoms with van der Waals surface area (Å²) in [6, 6.07) is 6.01. The largest absolute Gasteiger partial charge is 0.476 e. The molecular formula is C15H19N3O2. The van der Waals surface area contributed by atoms with Gasteiger partial charge in [0.2, 0.25) is 0 Å². The lowest BCUT2D eigenvalue weighted by Crippen LogP contribution is -2.21. The lowest BCUT2D eigenvalue weighted by Gasteiger charge is -2.20. The Morgan fingerprint density at radius 3 is 2.15 bits per heavy atom. The number of nitrogens with zero attached hydrogens (tertiary/aromatic N) is 3. The van der Waals surface area contributed by atoms with E-state index in [4.69, 9.17) is 0 Å². The molecule has 1 aromatic heterocycles. The summed E-state index contributed by atoms with van der Waals surface area (Å²) in [5, 5.41) is 17.2. The summed E-state index contributed by atoms with van der Waals surface area (Å²) in [6.45, 7) is 9.87. The normalized spacial score (nSPS) is 11.7. The number of aromatic nitrogens is 3. The SMILES string of the molecule is Cc1cc(C)cc(-n2nnc(C(=O)O)c2C(C)(C)C)c1. The fourth-order valence-corrected chi connectivity index (χ4v) is 2.35. The molecule has 5 heteroatoms. The second-order valence-electron chi connectivity index (χ2n) is 6.10. The van der Waals surface area contributed by atoms with E-state index in [2.05, 4.69) is 16.4 Å². The van der Waals surface area contributed by atoms with Crippen LogP contribution < -0.4 is 0 Å². The Morgan fingerprint density at radius 2 is 1.70 bits per heavy atom. The first-order valence-electron chi connectivity index (χ1n) is 6.48. The number of aromatic carboxylic acids is 1. The predicted molar refractivity (Wildman–Crippen MR) is 76.5 cm³/mol. The molecule has 0 unspecified atom stereocenters. The lowest BCUT2D eigenvalue weighted by molar-refractivity contribution is 0.0687. The molecule has 0 radical (unpaired) electrons. The molecule has 0 atom stereocenters. The number of benzene rings is 1. The third-order valence-corrected chi connectivity index (χ3v) is 3.03. The highest BCUT2D eigenvalue weighted by atomic mass is 16.4. The van der Waals surface area contributed by atoms with Gasteiger partial charge in [-0.2, -0.15) is 0 Å². The van der Waals surface area contributed by atoms with Crippen LogP contribution in [0.1, 0.15) is 48.1 Å². The number of carbonyl (C=O) groups is 1. The van der Waals surface area contributed by atoms with E-state index in [-0.39, 0.29) is 11.1 Å². The van der Waals surface area contributed by atoms with Gasteiger partial charge in [-0.15, -0.1) is 5.10 Å². The molecule has 0 saturated heterocycles. The second-order valence-corrected chi connectivity index (χ2v) is 6.10. The Kier molecular flexibility index (Phi) is 3.38. The Bertz CT molecular complexity index is 646. The maximum atomic E-state index is 11.3. The van der Waals surface area contributed by atoms with Gasteiger partial charge in [0, 0.05) is 5.41 Å². The molecule has 106 valence electrons. The molecule has 20 heavy (non-hydrogen) atoms. The predicted octanol–water partition coefficient (Wildman–Crippen LogP) is 2.88. The van der Waals surface area contributed by atoms with Crippen molar-refractivity contribution in [2.75, 3.05) is 0 Å². The Labute approximate surface area is 118 Å². The number of carboxylic acids is 1. The zero-order chi connectivity index (χ0) is 15.1. The fraction of sp³-hybridized carbons (Fsp3) is 0.400. The number of hydrogen-bond donors (Lipinski definition) is 1. The minimum absolute atomic E-state index is 0.0108. The third kappa shape index (κ3) is 2.57. The monoisotopic (exact) mass is 273 g/mol. The van der Waals surface area contributed by atoms with Crippen LogP contribution >= 0.6 is 0 Å². The number of aryl methyl sites for hydroxylation is 2. The lowest BCUT2D eigenvalue weighted by atomic mass is 9.90. The molecule has 0 spiro atoms. The molecular weight excluding hydrogens is 254 g/mol. The molecule has 0 amide bonds. The number of carboxylic acid groups (broad SMARTS) is 1. The van der Waals surface area contributed by atoms with Gasteiger partial charge in [0.15, 0.2) is 5.69 Å². The molecule has 1 N–H and O–H groups in total. The van der Waals surface area contributed by atoms with Gasteiger partial charge in [-0.05, 0) is 37.1 Å². The van der Waals surface area contributed by atoms with Gasteiger partial charge in [-0.25, -0.2) is 9.48 Å². The third-order valence-electron chi connectivity index (χ3n) is 3.03. The second kappa shape index (κ2) is 4.74. The van der Waals surface area contributed by atoms with Crippen molar-refractivity contribution in [1.82, 2.24) is 15.0 Å². The van der Waals surface area contributed by atoms with Crippen molar-refractivity contribution >= 4 is 5.97 Å². The minimum Gasteiger partial charge on any atom is -0.476 e. The molecule has 0 aliphatic heterocycles. The first-order chi connectivity index (χ1) is 9.20. The molecule has 2 rings (SSSR count). The van der Waals surface area contributed by atoms with Crippen molar-refractivity contribution in [1.29, 1.82) is 0 Å². The van der Waals surface area contributed by atoms with E-state index in [1.807, 2.05) is 46.8 Å². The van der Waals surface area contributed by atoms with Crippen LogP contribution in [0, 0.1) is 13.8 Å². The maximum Gasteiger partial charge on any atom is 0.358 e. The van der Waals surface area contributed by atoms with Crippen molar-refractivity contribution in [2.24, 2.45) is 0 Å². The van der Waals surface area contributed by atoms with Crippen molar-refractivity contribution in [2.45, 2.75) is 40.0 Å². The quantitative estimate of drug-likeness (QED) is 0.913. The van der Waals surface area contributed by atoms with Crippen molar-refractivity contribution in [3.05, 3.63) is 40.7 Å². The van der Waals surface area contributed by atoms with Crippen LogP contribution in [0.15, 0.2) is 18.2 Å². The van der Waals surface area contributed by atoms with Crippen molar-refractivity contribution < 1.29 is 9.90 Å². The van der Waals surface area contributed by atoms with E-state index in [1.165, 1.54) is 0 Å². The summed E-state index contributed by atoms with van der Waals surface area (Å²) in [5.41, 5.74) is 3.30. The summed E-state index contributed by atoms with van der Waals surface area (Å²) >= 11 is 0. The molecule has 2 aromatic rings. The van der Waals surface area contributed by atoms with E-state index in [0.29, 0.717) is 5.69 Å². The van der Waals surface area contributed by atoms with Gasteiger partial charge in [0.05, 0.1) is 11.4 Å². The van der Waals surface area contributed by atoms with Crippen molar-refractivity contribution in [3.8, 4) is 5.69 Å². The molecule has 5 nitrogen and oxygen atoms in total. The highest BCUT2D eigenvalue weighted by molar-refractivity contribution is 5.87. The van der Waals surface area contributed by atoms with Crippen molar-refractivity contribution in [3.63, 3.8) is 0 Å². The first kappa shape index (κ1) is 14.2. The van der Waals surface area contributed by atoms with Gasteiger partial charge < -0.3 is 5.11 Å². The molecule has 0 aliphatic rings. The highest BCUT2D eigenvalue weighted by Gasteiger charge is 2.29. The van der Waals surface area contributed by atoms with Crippen LogP contribution in [-0.4, -0.2) is 26.1 Å². The summed E-state index contributed by atoms with van der Waals surface area (Å²) < 4.78 is 1.63. The van der Waals surface area contributed by atoms with Crippen LogP contribution in [0.5, 0.6) is 0 Å². The van der Waals surface area contributed by atoms with Gasteiger partial charge >= 0.3 is 5.97 Å². The standard InChI is InChI=1S/C15H19N3O2/c1-9-6-10(2)8-11(7-9)18-13(15(3,4)5)12(14(19)20)16-17-18/h6-8H,1-5H3,(H,19,20).